The first kappa shape index (κ1) is 25.6. The van der Waals surface area contributed by atoms with Crippen LogP contribution in [0.4, 0.5) is 0 Å². The Morgan fingerprint density at radius 1 is 0.824 bits per heavy atom. The van der Waals surface area contributed by atoms with Crippen LogP contribution in [0, 0.1) is 5.92 Å². The number of halogens is 2. The predicted octanol–water partition coefficient (Wildman–Crippen LogP) is 6.55. The smallest absolute Gasteiger partial charge is 0.223 e. The van der Waals surface area contributed by atoms with E-state index in [9.17, 15) is 9.59 Å². The number of rotatable bonds is 10. The number of carbonyl (C=O) groups is 2. The van der Waals surface area contributed by atoms with Gasteiger partial charge in [-0.15, -0.1) is 0 Å². The lowest BCUT2D eigenvalue weighted by Gasteiger charge is -2.23. The van der Waals surface area contributed by atoms with Gasteiger partial charge in [-0.1, -0.05) is 85.6 Å². The average Bonchev–Trinajstić information content (AvgIpc) is 2.81. The van der Waals surface area contributed by atoms with Gasteiger partial charge in [-0.25, -0.2) is 0 Å². The van der Waals surface area contributed by atoms with Gasteiger partial charge < -0.3 is 14.8 Å². The van der Waals surface area contributed by atoms with E-state index < -0.39 is 6.04 Å². The molecule has 3 aromatic rings. The molecule has 34 heavy (non-hydrogen) atoms. The van der Waals surface area contributed by atoms with Crippen molar-refractivity contribution in [3.05, 3.63) is 93.5 Å². The molecule has 0 saturated heterocycles. The first-order valence-corrected chi connectivity index (χ1v) is 11.7. The zero-order chi connectivity index (χ0) is 24.7. The van der Waals surface area contributed by atoms with E-state index in [0.29, 0.717) is 27.1 Å². The van der Waals surface area contributed by atoms with Crippen LogP contribution in [0.5, 0.6) is 11.5 Å². The summed E-state index contributed by atoms with van der Waals surface area (Å²) in [6, 6.07) is 19.1. The van der Waals surface area contributed by atoms with Gasteiger partial charge >= 0.3 is 0 Å². The fourth-order valence-corrected chi connectivity index (χ4v) is 3.65. The highest BCUT2D eigenvalue weighted by Gasteiger charge is 2.26. The molecule has 0 heterocycles. The van der Waals surface area contributed by atoms with Gasteiger partial charge in [0.1, 0.15) is 19.3 Å². The number of hydrogen-bond acceptors (Lipinski definition) is 4. The molecule has 5 nitrogen and oxygen atoms in total. The molecule has 3 aromatic carbocycles. The minimum absolute atomic E-state index is 0.155. The van der Waals surface area contributed by atoms with Crippen LogP contribution in [0.1, 0.15) is 43.5 Å². The fourth-order valence-electron chi connectivity index (χ4n) is 3.27. The van der Waals surface area contributed by atoms with Crippen molar-refractivity contribution >= 4 is 34.9 Å². The van der Waals surface area contributed by atoms with E-state index in [1.165, 1.54) is 6.92 Å². The lowest BCUT2D eigenvalue weighted by Crippen LogP contribution is -2.35. The number of hydrogen-bond donors (Lipinski definition) is 1. The monoisotopic (exact) mass is 499 g/mol. The summed E-state index contributed by atoms with van der Waals surface area (Å²) in [4.78, 5) is 25.0. The van der Waals surface area contributed by atoms with Crippen LogP contribution in [0.3, 0.4) is 0 Å². The molecule has 1 N–H and O–H groups in total. The van der Waals surface area contributed by atoms with Crippen molar-refractivity contribution in [2.75, 3.05) is 0 Å². The summed E-state index contributed by atoms with van der Waals surface area (Å²) in [6.45, 7) is 5.33. The molecule has 0 spiro atoms. The molecule has 0 aliphatic heterocycles. The normalized spacial score (nSPS) is 11.7. The second kappa shape index (κ2) is 11.9. The van der Waals surface area contributed by atoms with E-state index in [1.807, 2.05) is 36.4 Å². The van der Waals surface area contributed by atoms with Gasteiger partial charge in [-0.3, -0.25) is 9.59 Å². The van der Waals surface area contributed by atoms with Gasteiger partial charge in [-0.05, 0) is 25.1 Å². The van der Waals surface area contributed by atoms with Crippen molar-refractivity contribution in [2.24, 2.45) is 5.92 Å². The largest absolute Gasteiger partial charge is 0.485 e. The van der Waals surface area contributed by atoms with E-state index in [4.69, 9.17) is 32.7 Å². The van der Waals surface area contributed by atoms with Crippen molar-refractivity contribution < 1.29 is 19.1 Å². The summed E-state index contributed by atoms with van der Waals surface area (Å²) in [5.41, 5.74) is 2.09. The van der Waals surface area contributed by atoms with Crippen LogP contribution in [0.2, 0.25) is 10.0 Å². The second-order valence-corrected chi connectivity index (χ2v) is 8.96. The van der Waals surface area contributed by atoms with Crippen LogP contribution < -0.4 is 14.8 Å². The SMILES string of the molecule is CC(=O)C(NC(=O)C(C)C)c1cccc(OCc2ccccc2Cl)c1OCc1ccccc1Cl. The van der Waals surface area contributed by atoms with Crippen molar-refractivity contribution in [3.8, 4) is 11.5 Å². The summed E-state index contributed by atoms with van der Waals surface area (Å²) in [6.07, 6.45) is 0. The number of carbonyl (C=O) groups excluding carboxylic acids is 2. The number of benzene rings is 3. The first-order valence-electron chi connectivity index (χ1n) is 10.9. The predicted molar refractivity (Wildman–Crippen MR) is 134 cm³/mol. The van der Waals surface area contributed by atoms with Crippen LogP contribution in [-0.2, 0) is 22.8 Å². The lowest BCUT2D eigenvalue weighted by atomic mass is 10.0. The zero-order valence-corrected chi connectivity index (χ0v) is 20.8. The topological polar surface area (TPSA) is 64.6 Å². The van der Waals surface area contributed by atoms with Crippen LogP contribution in [0.25, 0.3) is 0 Å². The maximum Gasteiger partial charge on any atom is 0.223 e. The number of Topliss-reactive ketones (excluding diaryl/α,β-unsaturated/α-hetero) is 1. The molecular formula is C27H27Cl2NO4. The van der Waals surface area contributed by atoms with E-state index in [2.05, 4.69) is 5.32 Å². The molecule has 3 rings (SSSR count). The second-order valence-electron chi connectivity index (χ2n) is 8.14. The Labute approximate surface area is 210 Å². The Balaban J connectivity index is 1.98. The Morgan fingerprint density at radius 2 is 1.38 bits per heavy atom. The number of amides is 1. The quantitative estimate of drug-likeness (QED) is 0.343. The molecule has 0 aliphatic carbocycles. The summed E-state index contributed by atoms with van der Waals surface area (Å²) in [7, 11) is 0. The number of para-hydroxylation sites is 1. The molecule has 0 saturated carbocycles. The molecule has 0 aromatic heterocycles. The van der Waals surface area contributed by atoms with Crippen LogP contribution in [-0.4, -0.2) is 11.7 Å². The van der Waals surface area contributed by atoms with Gasteiger partial charge in [0.2, 0.25) is 5.91 Å². The Morgan fingerprint density at radius 3 is 1.91 bits per heavy atom. The molecule has 1 unspecified atom stereocenters. The molecule has 0 radical (unpaired) electrons. The van der Waals surface area contributed by atoms with Gasteiger partial charge in [-0.2, -0.15) is 0 Å². The third-order valence-electron chi connectivity index (χ3n) is 5.21. The summed E-state index contributed by atoms with van der Waals surface area (Å²) in [5.74, 6) is 0.0433. The van der Waals surface area contributed by atoms with Crippen molar-refractivity contribution in [1.82, 2.24) is 5.32 Å². The number of nitrogens with one attached hydrogen (secondary N) is 1. The Hall–Kier alpha value is -3.02. The highest BCUT2D eigenvalue weighted by atomic mass is 35.5. The lowest BCUT2D eigenvalue weighted by molar-refractivity contribution is -0.129. The first-order chi connectivity index (χ1) is 16.3. The highest BCUT2D eigenvalue weighted by molar-refractivity contribution is 6.31. The van der Waals surface area contributed by atoms with Crippen LogP contribution in [0.15, 0.2) is 66.7 Å². The summed E-state index contributed by atoms with van der Waals surface area (Å²) < 4.78 is 12.3. The molecule has 178 valence electrons. The van der Waals surface area contributed by atoms with Gasteiger partial charge in [0.25, 0.3) is 0 Å². The molecule has 0 fully saturated rings. The number of ketones is 1. The maximum absolute atomic E-state index is 12.6. The molecule has 0 aliphatic rings. The summed E-state index contributed by atoms with van der Waals surface area (Å²) >= 11 is 12.6. The van der Waals surface area contributed by atoms with Crippen LogP contribution >= 0.6 is 23.2 Å². The molecular weight excluding hydrogens is 473 g/mol. The minimum atomic E-state index is -0.889. The standard InChI is InChI=1S/C27H27Cl2NO4/c1-17(2)27(32)30-25(18(3)31)21-11-8-14-24(33-15-19-9-4-6-12-22(19)28)26(21)34-16-20-10-5-7-13-23(20)29/h4-14,17,25H,15-16H2,1-3H3,(H,30,32). The average molecular weight is 500 g/mol. The molecule has 1 amide bonds. The fraction of sp³-hybridized carbons (Fsp3) is 0.259. The Kier molecular flexibility index (Phi) is 8.97. The van der Waals surface area contributed by atoms with E-state index in [-0.39, 0.29) is 30.8 Å². The van der Waals surface area contributed by atoms with E-state index in [1.54, 1.807) is 44.2 Å². The van der Waals surface area contributed by atoms with E-state index in [0.717, 1.165) is 11.1 Å². The number of ether oxygens (including phenoxy) is 2. The van der Waals surface area contributed by atoms with Crippen molar-refractivity contribution in [1.29, 1.82) is 0 Å². The molecule has 7 heteroatoms. The van der Waals surface area contributed by atoms with Gasteiger partial charge in [0, 0.05) is 32.7 Å². The molecule has 1 atom stereocenters. The van der Waals surface area contributed by atoms with Crippen molar-refractivity contribution in [2.45, 2.75) is 40.0 Å². The maximum atomic E-state index is 12.6. The summed E-state index contributed by atoms with van der Waals surface area (Å²) in [5, 5.41) is 3.97. The van der Waals surface area contributed by atoms with Gasteiger partial charge in [0.15, 0.2) is 17.3 Å². The van der Waals surface area contributed by atoms with E-state index >= 15 is 0 Å². The minimum Gasteiger partial charge on any atom is -0.485 e. The van der Waals surface area contributed by atoms with Gasteiger partial charge in [0.05, 0.1) is 0 Å². The third-order valence-corrected chi connectivity index (χ3v) is 5.95. The van der Waals surface area contributed by atoms with Crippen molar-refractivity contribution in [3.63, 3.8) is 0 Å². The highest BCUT2D eigenvalue weighted by Crippen LogP contribution is 2.37. The zero-order valence-electron chi connectivity index (χ0n) is 19.3. The molecule has 0 bridgehead atoms. The Bertz CT molecular complexity index is 1160. The third kappa shape index (κ3) is 6.52.